The summed E-state index contributed by atoms with van der Waals surface area (Å²) in [6, 6.07) is 0. The second-order valence-corrected chi connectivity index (χ2v) is 6.81. The van der Waals surface area contributed by atoms with E-state index in [1.54, 1.807) is 4.90 Å². The molecule has 0 aromatic carbocycles. The summed E-state index contributed by atoms with van der Waals surface area (Å²) in [5, 5.41) is 8.64. The lowest BCUT2D eigenvalue weighted by molar-refractivity contribution is -0.133. The summed E-state index contributed by atoms with van der Waals surface area (Å²) in [6.07, 6.45) is 2.77. The molecule has 0 radical (unpaired) electrons. The highest BCUT2D eigenvalue weighted by atomic mass is 32.2. The van der Waals surface area contributed by atoms with Crippen LogP contribution >= 0.6 is 0 Å². The summed E-state index contributed by atoms with van der Waals surface area (Å²) in [5.41, 5.74) is 0. The van der Waals surface area contributed by atoms with Crippen LogP contribution in [-0.4, -0.2) is 68.7 Å². The second-order valence-electron chi connectivity index (χ2n) is 4.55. The monoisotopic (exact) mass is 279 g/mol. The third-order valence-corrected chi connectivity index (χ3v) is 3.87. The standard InChI is InChI=1S/C11H21NO5S/c1-18(15,16)9-4-11(14)12-5-2-10(3-6-12)17-8-7-13/h10,13H,2-9H2,1H3. The number of aliphatic hydroxyl groups is 1. The van der Waals surface area contributed by atoms with Crippen LogP contribution in [-0.2, 0) is 19.4 Å². The van der Waals surface area contributed by atoms with Gasteiger partial charge in [0.25, 0.3) is 0 Å². The van der Waals surface area contributed by atoms with E-state index in [0.29, 0.717) is 19.7 Å². The van der Waals surface area contributed by atoms with Crippen LogP contribution in [0.5, 0.6) is 0 Å². The average Bonchev–Trinajstić information content (AvgIpc) is 2.33. The van der Waals surface area contributed by atoms with Crippen molar-refractivity contribution in [1.29, 1.82) is 0 Å². The third kappa shape index (κ3) is 5.79. The van der Waals surface area contributed by atoms with E-state index in [4.69, 9.17) is 9.84 Å². The molecule has 18 heavy (non-hydrogen) atoms. The highest BCUT2D eigenvalue weighted by Crippen LogP contribution is 2.14. The summed E-state index contributed by atoms with van der Waals surface area (Å²) >= 11 is 0. The molecule has 1 saturated heterocycles. The molecule has 1 aliphatic rings. The molecule has 1 heterocycles. The van der Waals surface area contributed by atoms with Gasteiger partial charge in [-0.15, -0.1) is 0 Å². The van der Waals surface area contributed by atoms with E-state index in [-0.39, 0.29) is 30.8 Å². The lowest BCUT2D eigenvalue weighted by Gasteiger charge is -2.31. The van der Waals surface area contributed by atoms with Gasteiger partial charge in [-0.05, 0) is 12.8 Å². The van der Waals surface area contributed by atoms with Crippen LogP contribution in [0, 0.1) is 0 Å². The number of hydrogen-bond donors (Lipinski definition) is 1. The Bertz CT molecular complexity index is 360. The number of likely N-dealkylation sites (tertiary alicyclic amines) is 1. The van der Waals surface area contributed by atoms with E-state index in [9.17, 15) is 13.2 Å². The van der Waals surface area contributed by atoms with Crippen molar-refractivity contribution in [1.82, 2.24) is 4.90 Å². The van der Waals surface area contributed by atoms with Crippen molar-refractivity contribution >= 4 is 15.7 Å². The van der Waals surface area contributed by atoms with Gasteiger partial charge in [0.1, 0.15) is 9.84 Å². The summed E-state index contributed by atoms with van der Waals surface area (Å²) in [7, 11) is -3.08. The number of nitrogens with zero attached hydrogens (tertiary/aromatic N) is 1. The van der Waals surface area contributed by atoms with Gasteiger partial charge in [0, 0.05) is 25.8 Å². The van der Waals surface area contributed by atoms with Gasteiger partial charge in [0.15, 0.2) is 0 Å². The largest absolute Gasteiger partial charge is 0.394 e. The van der Waals surface area contributed by atoms with Crippen molar-refractivity contribution in [3.63, 3.8) is 0 Å². The molecule has 1 N–H and O–H groups in total. The second kappa shape index (κ2) is 7.06. The highest BCUT2D eigenvalue weighted by Gasteiger charge is 2.23. The molecule has 7 heteroatoms. The van der Waals surface area contributed by atoms with Gasteiger partial charge in [-0.3, -0.25) is 4.79 Å². The molecule has 1 aliphatic heterocycles. The average molecular weight is 279 g/mol. The lowest BCUT2D eigenvalue weighted by Crippen LogP contribution is -2.41. The van der Waals surface area contributed by atoms with Crippen molar-refractivity contribution in [2.75, 3.05) is 38.3 Å². The Hall–Kier alpha value is -0.660. The molecule has 1 rings (SSSR count). The zero-order valence-corrected chi connectivity index (χ0v) is 11.5. The van der Waals surface area contributed by atoms with Crippen LogP contribution in [0.3, 0.4) is 0 Å². The van der Waals surface area contributed by atoms with Crippen LogP contribution < -0.4 is 0 Å². The minimum Gasteiger partial charge on any atom is -0.394 e. The number of hydrogen-bond acceptors (Lipinski definition) is 5. The maximum atomic E-state index is 11.7. The summed E-state index contributed by atoms with van der Waals surface area (Å²) in [5.74, 6) is -0.201. The maximum absolute atomic E-state index is 11.7. The molecule has 0 aromatic rings. The molecule has 1 fully saturated rings. The topological polar surface area (TPSA) is 83.9 Å². The fraction of sp³-hybridized carbons (Fsp3) is 0.909. The molecule has 0 bridgehead atoms. The lowest BCUT2D eigenvalue weighted by atomic mass is 10.1. The Kier molecular flexibility index (Phi) is 6.04. The van der Waals surface area contributed by atoms with Crippen LogP contribution in [0.15, 0.2) is 0 Å². The third-order valence-electron chi connectivity index (χ3n) is 2.93. The normalized spacial score (nSPS) is 18.0. The first kappa shape index (κ1) is 15.4. The first-order chi connectivity index (χ1) is 8.42. The smallest absolute Gasteiger partial charge is 0.223 e. The number of piperidine rings is 1. The molecule has 6 nitrogen and oxygen atoms in total. The molecule has 0 spiro atoms. The number of aliphatic hydroxyl groups excluding tert-OH is 1. The number of ether oxygens (including phenoxy) is 1. The number of carbonyl (C=O) groups excluding carboxylic acids is 1. The molecule has 0 aromatic heterocycles. The van der Waals surface area contributed by atoms with E-state index >= 15 is 0 Å². The van der Waals surface area contributed by atoms with Gasteiger partial charge < -0.3 is 14.7 Å². The van der Waals surface area contributed by atoms with Crippen LogP contribution in [0.2, 0.25) is 0 Å². The van der Waals surface area contributed by atoms with E-state index in [1.165, 1.54) is 0 Å². The van der Waals surface area contributed by atoms with Crippen LogP contribution in [0.1, 0.15) is 19.3 Å². The molecule has 0 saturated carbocycles. The Balaban J connectivity index is 2.27. The highest BCUT2D eigenvalue weighted by molar-refractivity contribution is 7.90. The first-order valence-electron chi connectivity index (χ1n) is 6.10. The molecular weight excluding hydrogens is 258 g/mol. The van der Waals surface area contributed by atoms with Crippen molar-refractivity contribution in [3.8, 4) is 0 Å². The van der Waals surface area contributed by atoms with E-state index in [2.05, 4.69) is 0 Å². The number of sulfone groups is 1. The zero-order chi connectivity index (χ0) is 13.6. The molecule has 0 unspecified atom stereocenters. The van der Waals surface area contributed by atoms with Crippen molar-refractivity contribution in [2.45, 2.75) is 25.4 Å². The first-order valence-corrected chi connectivity index (χ1v) is 8.16. The zero-order valence-electron chi connectivity index (χ0n) is 10.7. The van der Waals surface area contributed by atoms with Gasteiger partial charge in [-0.25, -0.2) is 8.42 Å². The predicted octanol–water partition coefficient (Wildman–Crippen LogP) is -0.579. The fourth-order valence-corrected chi connectivity index (χ4v) is 2.47. The van der Waals surface area contributed by atoms with Gasteiger partial charge >= 0.3 is 0 Å². The van der Waals surface area contributed by atoms with Crippen molar-refractivity contribution < 1.29 is 23.1 Å². The Morgan fingerprint density at radius 1 is 1.39 bits per heavy atom. The van der Waals surface area contributed by atoms with Crippen molar-refractivity contribution in [3.05, 3.63) is 0 Å². The van der Waals surface area contributed by atoms with Crippen molar-refractivity contribution in [2.24, 2.45) is 0 Å². The molecule has 106 valence electrons. The van der Waals surface area contributed by atoms with Crippen LogP contribution in [0.25, 0.3) is 0 Å². The van der Waals surface area contributed by atoms with Crippen LogP contribution in [0.4, 0.5) is 0 Å². The minimum atomic E-state index is -3.08. The Morgan fingerprint density at radius 3 is 2.50 bits per heavy atom. The number of amides is 1. The van der Waals surface area contributed by atoms with Gasteiger partial charge in [0.2, 0.25) is 5.91 Å². The van der Waals surface area contributed by atoms with E-state index < -0.39 is 9.84 Å². The number of rotatable bonds is 6. The quantitative estimate of drug-likeness (QED) is 0.703. The fourth-order valence-electron chi connectivity index (χ4n) is 1.92. The minimum absolute atomic E-state index is 0.00744. The SMILES string of the molecule is CS(=O)(=O)CCC(=O)N1CCC(OCCO)CC1. The molecular formula is C11H21NO5S. The van der Waals surface area contributed by atoms with Gasteiger partial charge in [0.05, 0.1) is 25.1 Å². The Labute approximate surface area is 108 Å². The molecule has 0 aliphatic carbocycles. The summed E-state index contributed by atoms with van der Waals surface area (Å²) in [4.78, 5) is 13.4. The Morgan fingerprint density at radius 2 is 2.00 bits per heavy atom. The van der Waals surface area contributed by atoms with Gasteiger partial charge in [-0.2, -0.15) is 0 Å². The molecule has 1 amide bonds. The maximum Gasteiger partial charge on any atom is 0.223 e. The number of carbonyl (C=O) groups is 1. The summed E-state index contributed by atoms with van der Waals surface area (Å²) < 4.78 is 27.3. The molecule has 0 atom stereocenters. The van der Waals surface area contributed by atoms with E-state index in [0.717, 1.165) is 19.1 Å². The van der Waals surface area contributed by atoms with Gasteiger partial charge in [-0.1, -0.05) is 0 Å². The summed E-state index contributed by atoms with van der Waals surface area (Å²) in [6.45, 7) is 1.53. The van der Waals surface area contributed by atoms with E-state index in [1.807, 2.05) is 0 Å². The predicted molar refractivity (Wildman–Crippen MR) is 67.0 cm³/mol.